The molecule has 0 N–H and O–H groups in total. The van der Waals surface area contributed by atoms with Crippen molar-refractivity contribution in [3.63, 3.8) is 0 Å². The Balaban J connectivity index is 2.12. The van der Waals surface area contributed by atoms with E-state index in [0.29, 0.717) is 4.58 Å². The van der Waals surface area contributed by atoms with Crippen LogP contribution in [0.25, 0.3) is 0 Å². The Bertz CT molecular complexity index is 51.7. The topological polar surface area (TPSA) is 9.23 Å². The van der Waals surface area contributed by atoms with E-state index in [1.807, 2.05) is 11.8 Å². The van der Waals surface area contributed by atoms with Gasteiger partial charge in [-0.25, -0.2) is 0 Å². The standard InChI is InChI=1S/C4H8OS2/c6-4-3-5-1-2-7-4/h4,6H,1-3H2. The van der Waals surface area contributed by atoms with Crippen LogP contribution in [0.5, 0.6) is 0 Å². The van der Waals surface area contributed by atoms with Crippen LogP contribution in [-0.4, -0.2) is 23.5 Å². The van der Waals surface area contributed by atoms with Gasteiger partial charge in [0.2, 0.25) is 0 Å². The third-order valence-corrected chi connectivity index (χ3v) is 2.32. The molecule has 0 bridgehead atoms. The molecular formula is C4H8OS2. The van der Waals surface area contributed by atoms with Gasteiger partial charge in [0.25, 0.3) is 0 Å². The zero-order chi connectivity index (χ0) is 5.11. The first-order valence-electron chi connectivity index (χ1n) is 2.27. The normalized spacial score (nSPS) is 33.0. The summed E-state index contributed by atoms with van der Waals surface area (Å²) in [4.78, 5) is 0. The number of ether oxygens (including phenoxy) is 1. The van der Waals surface area contributed by atoms with E-state index in [4.69, 9.17) is 4.74 Å². The minimum atomic E-state index is 0.425. The Morgan fingerprint density at radius 2 is 2.57 bits per heavy atom. The molecule has 0 radical (unpaired) electrons. The summed E-state index contributed by atoms with van der Waals surface area (Å²) in [5.74, 6) is 1.11. The number of hydrogen-bond acceptors (Lipinski definition) is 3. The van der Waals surface area contributed by atoms with Crippen molar-refractivity contribution >= 4 is 24.4 Å². The Kier molecular flexibility index (Phi) is 2.35. The molecule has 1 heterocycles. The van der Waals surface area contributed by atoms with Crippen LogP contribution in [-0.2, 0) is 4.74 Å². The highest BCUT2D eigenvalue weighted by atomic mass is 32.2. The molecule has 1 atom stereocenters. The van der Waals surface area contributed by atoms with Gasteiger partial charge >= 0.3 is 0 Å². The maximum absolute atomic E-state index is 5.08. The van der Waals surface area contributed by atoms with Gasteiger partial charge in [-0.3, -0.25) is 0 Å². The number of thiol groups is 1. The van der Waals surface area contributed by atoms with Crippen LogP contribution in [0.4, 0.5) is 0 Å². The molecule has 1 saturated heterocycles. The largest absolute Gasteiger partial charge is 0.379 e. The maximum atomic E-state index is 5.08. The predicted molar refractivity (Wildman–Crippen MR) is 36.1 cm³/mol. The molecule has 0 aromatic carbocycles. The average Bonchev–Trinajstić information content (AvgIpc) is 1.69. The van der Waals surface area contributed by atoms with E-state index in [9.17, 15) is 0 Å². The smallest absolute Gasteiger partial charge is 0.0706 e. The monoisotopic (exact) mass is 136 g/mol. The van der Waals surface area contributed by atoms with Crippen molar-refractivity contribution in [3.05, 3.63) is 0 Å². The van der Waals surface area contributed by atoms with Gasteiger partial charge in [-0.2, -0.15) is 12.6 Å². The number of rotatable bonds is 0. The van der Waals surface area contributed by atoms with E-state index in [1.165, 1.54) is 0 Å². The highest BCUT2D eigenvalue weighted by molar-refractivity contribution is 8.10. The molecule has 42 valence electrons. The van der Waals surface area contributed by atoms with Crippen LogP contribution in [0.1, 0.15) is 0 Å². The van der Waals surface area contributed by atoms with Crippen molar-refractivity contribution < 1.29 is 4.74 Å². The SMILES string of the molecule is SC1COCCS1. The molecule has 7 heavy (non-hydrogen) atoms. The molecule has 0 aromatic rings. The van der Waals surface area contributed by atoms with E-state index in [2.05, 4.69) is 12.6 Å². The van der Waals surface area contributed by atoms with Crippen molar-refractivity contribution in [1.29, 1.82) is 0 Å². The van der Waals surface area contributed by atoms with Gasteiger partial charge in [0.1, 0.15) is 0 Å². The summed E-state index contributed by atoms with van der Waals surface area (Å²) >= 11 is 6.06. The van der Waals surface area contributed by atoms with Crippen LogP contribution < -0.4 is 0 Å². The van der Waals surface area contributed by atoms with Crippen molar-refractivity contribution in [2.45, 2.75) is 4.58 Å². The lowest BCUT2D eigenvalue weighted by atomic mass is 10.8. The van der Waals surface area contributed by atoms with E-state index in [-0.39, 0.29) is 0 Å². The molecule has 3 heteroatoms. The van der Waals surface area contributed by atoms with Gasteiger partial charge in [0.15, 0.2) is 0 Å². The minimum absolute atomic E-state index is 0.425. The van der Waals surface area contributed by atoms with Gasteiger partial charge in [-0.15, -0.1) is 11.8 Å². The summed E-state index contributed by atoms with van der Waals surface area (Å²) in [5.41, 5.74) is 0. The molecule has 1 nitrogen and oxygen atoms in total. The second-order valence-electron chi connectivity index (χ2n) is 1.40. The fraction of sp³-hybridized carbons (Fsp3) is 1.00. The third-order valence-electron chi connectivity index (χ3n) is 0.798. The number of thioether (sulfide) groups is 1. The Hall–Kier alpha value is 0.660. The molecule has 1 fully saturated rings. The molecule has 1 unspecified atom stereocenters. The van der Waals surface area contributed by atoms with Gasteiger partial charge in [0.05, 0.1) is 17.8 Å². The van der Waals surface area contributed by atoms with Crippen LogP contribution in [0, 0.1) is 0 Å². The maximum Gasteiger partial charge on any atom is 0.0706 e. The van der Waals surface area contributed by atoms with E-state index >= 15 is 0 Å². The van der Waals surface area contributed by atoms with Gasteiger partial charge in [-0.1, -0.05) is 0 Å². The molecule has 1 aliphatic rings. The summed E-state index contributed by atoms with van der Waals surface area (Å²) in [7, 11) is 0. The lowest BCUT2D eigenvalue weighted by Gasteiger charge is -2.15. The Labute approximate surface area is 53.2 Å². The molecule has 0 amide bonds. The molecular weight excluding hydrogens is 128 g/mol. The molecule has 0 saturated carbocycles. The molecule has 1 rings (SSSR count). The summed E-state index contributed by atoms with van der Waals surface area (Å²) in [5, 5.41) is 0. The van der Waals surface area contributed by atoms with E-state index in [1.54, 1.807) is 0 Å². The van der Waals surface area contributed by atoms with Crippen molar-refractivity contribution in [1.82, 2.24) is 0 Å². The molecule has 0 aliphatic carbocycles. The summed E-state index contributed by atoms with van der Waals surface area (Å²) in [6.07, 6.45) is 0. The van der Waals surface area contributed by atoms with Crippen LogP contribution in [0.3, 0.4) is 0 Å². The lowest BCUT2D eigenvalue weighted by Crippen LogP contribution is -2.14. The van der Waals surface area contributed by atoms with Gasteiger partial charge in [0, 0.05) is 5.75 Å². The minimum Gasteiger partial charge on any atom is -0.379 e. The first-order valence-corrected chi connectivity index (χ1v) is 3.83. The highest BCUT2D eigenvalue weighted by Crippen LogP contribution is 2.18. The zero-order valence-corrected chi connectivity index (χ0v) is 5.67. The quantitative estimate of drug-likeness (QED) is 0.498. The van der Waals surface area contributed by atoms with E-state index in [0.717, 1.165) is 19.0 Å². The highest BCUT2D eigenvalue weighted by Gasteiger charge is 2.07. The second-order valence-corrected chi connectivity index (χ2v) is 3.68. The Morgan fingerprint density at radius 1 is 1.71 bits per heavy atom. The molecule has 0 spiro atoms. The van der Waals surface area contributed by atoms with Crippen LogP contribution in [0.15, 0.2) is 0 Å². The second kappa shape index (κ2) is 2.84. The van der Waals surface area contributed by atoms with Gasteiger partial charge in [-0.05, 0) is 0 Å². The fourth-order valence-electron chi connectivity index (χ4n) is 0.475. The van der Waals surface area contributed by atoms with Crippen molar-refractivity contribution in [2.24, 2.45) is 0 Å². The van der Waals surface area contributed by atoms with Crippen LogP contribution >= 0.6 is 24.4 Å². The van der Waals surface area contributed by atoms with Crippen molar-refractivity contribution in [2.75, 3.05) is 19.0 Å². The number of hydrogen-bond donors (Lipinski definition) is 1. The first-order chi connectivity index (χ1) is 3.39. The summed E-state index contributed by atoms with van der Waals surface area (Å²) in [6.45, 7) is 1.72. The zero-order valence-electron chi connectivity index (χ0n) is 3.96. The molecule has 1 aliphatic heterocycles. The van der Waals surface area contributed by atoms with Crippen molar-refractivity contribution in [3.8, 4) is 0 Å². The summed E-state index contributed by atoms with van der Waals surface area (Å²) in [6, 6.07) is 0. The molecule has 0 aromatic heterocycles. The summed E-state index contributed by atoms with van der Waals surface area (Å²) < 4.78 is 5.51. The lowest BCUT2D eigenvalue weighted by molar-refractivity contribution is 0.156. The third kappa shape index (κ3) is 1.93. The van der Waals surface area contributed by atoms with E-state index < -0.39 is 0 Å². The van der Waals surface area contributed by atoms with Crippen LogP contribution in [0.2, 0.25) is 0 Å². The fourth-order valence-corrected chi connectivity index (χ4v) is 1.58. The average molecular weight is 136 g/mol. The first kappa shape index (κ1) is 5.79. The van der Waals surface area contributed by atoms with Gasteiger partial charge < -0.3 is 4.74 Å². The predicted octanol–water partition coefficient (Wildman–Crippen LogP) is 1.01. The Morgan fingerprint density at radius 3 is 2.86 bits per heavy atom.